The molecule has 96 heavy (non-hydrogen) atoms. The predicted octanol–water partition coefficient (Wildman–Crippen LogP) is 22.9. The molecule has 0 bridgehead atoms. The largest absolute Gasteiger partial charge is 0.299 e. The highest BCUT2D eigenvalue weighted by molar-refractivity contribution is 7.25. The van der Waals surface area contributed by atoms with Crippen LogP contribution in [0.5, 0.6) is 0 Å². The number of para-hydroxylation sites is 4. The first-order valence-corrected chi connectivity index (χ1v) is 33.7. The number of hydrogen-bond acceptors (Lipinski definition) is 8. The van der Waals surface area contributed by atoms with Crippen molar-refractivity contribution >= 4 is 118 Å². The van der Waals surface area contributed by atoms with E-state index < -0.39 is 0 Å². The van der Waals surface area contributed by atoms with Crippen LogP contribution in [0.25, 0.3) is 186 Å². The zero-order chi connectivity index (χ0) is 63.2. The van der Waals surface area contributed by atoms with Crippen LogP contribution in [0.2, 0.25) is 0 Å². The molecule has 0 fully saturated rings. The monoisotopic (exact) mass is 1260 g/mol. The highest BCUT2D eigenvalue weighted by Gasteiger charge is 2.22. The summed E-state index contributed by atoms with van der Waals surface area (Å²) in [6, 6.07) is 111. The molecule has 8 nitrogen and oxygen atoms in total. The maximum atomic E-state index is 5.13. The summed E-state index contributed by atoms with van der Waals surface area (Å²) in [5, 5.41) is 11.8. The van der Waals surface area contributed by atoms with Crippen molar-refractivity contribution < 1.29 is 0 Å². The first-order valence-electron chi connectivity index (χ1n) is 32.1. The Morgan fingerprint density at radius 2 is 0.479 bits per heavy atom. The Labute approximate surface area is 558 Å². The molecule has 0 saturated heterocycles. The Hall–Kier alpha value is -12.3. The van der Waals surface area contributed by atoms with Gasteiger partial charge in [0, 0.05) is 55.3 Å². The van der Waals surface area contributed by atoms with Crippen LogP contribution in [0, 0.1) is 0 Å². The molecule has 10 heteroatoms. The molecule has 0 aliphatic carbocycles. The first kappa shape index (κ1) is 55.3. The smallest absolute Gasteiger partial charge is 0.164 e. The van der Waals surface area contributed by atoms with E-state index in [4.69, 9.17) is 29.9 Å². The maximum Gasteiger partial charge on any atom is 0.164 e. The van der Waals surface area contributed by atoms with Crippen molar-refractivity contribution in [2.45, 2.75) is 0 Å². The minimum atomic E-state index is 0.647. The third-order valence-electron chi connectivity index (χ3n) is 18.4. The zero-order valence-electron chi connectivity index (χ0n) is 51.4. The van der Waals surface area contributed by atoms with Gasteiger partial charge in [0.1, 0.15) is 9.66 Å². The van der Waals surface area contributed by atoms with Gasteiger partial charge in [-0.3, -0.25) is 8.80 Å². The van der Waals surface area contributed by atoms with E-state index in [2.05, 4.69) is 324 Å². The standard InChI is InChI=1S/2C43H26N4S/c1-3-12-29-24-33(22-20-27(29)10-1)41-44-40(45-42(46-41)34-23-21-28-11-2-4-13-30(28)25-34)32-15-9-14-31(26-32)39-35-16-5-6-17-36(35)47-37-18-7-8-19-38(37)48-43(39)47;1-3-11-31-25-33(23-17-27(31)9-1)41-44-40(45-42(46-41)34-24-18-28-10-2-4-12-32(28)26-34)30-21-19-29(20-22-30)39-35-13-5-6-14-36(35)47-37-15-7-8-16-38(37)48-43(39)47/h2*1-26H. The van der Waals surface area contributed by atoms with E-state index >= 15 is 0 Å². The van der Waals surface area contributed by atoms with Gasteiger partial charge in [0.05, 0.1) is 31.5 Å². The van der Waals surface area contributed by atoms with E-state index in [9.17, 15) is 0 Å². The van der Waals surface area contributed by atoms with Gasteiger partial charge >= 0.3 is 0 Å². The van der Waals surface area contributed by atoms with Crippen molar-refractivity contribution in [3.8, 4) is 90.6 Å². The molecule has 0 amide bonds. The van der Waals surface area contributed by atoms with Crippen LogP contribution < -0.4 is 0 Å². The molecule has 0 aliphatic heterocycles. The summed E-state index contributed by atoms with van der Waals surface area (Å²) in [5.41, 5.74) is 15.4. The molecule has 20 aromatic rings. The fraction of sp³-hybridized carbons (Fsp3) is 0. The summed E-state index contributed by atoms with van der Waals surface area (Å²) in [7, 11) is 0. The van der Waals surface area contributed by atoms with Gasteiger partial charge in [-0.15, -0.1) is 22.7 Å². The normalized spacial score (nSPS) is 11.8. The highest BCUT2D eigenvalue weighted by atomic mass is 32.1. The molecular formula is C86H52N8S2. The summed E-state index contributed by atoms with van der Waals surface area (Å²) in [5.74, 6) is 3.92. The second kappa shape index (κ2) is 22.7. The van der Waals surface area contributed by atoms with Gasteiger partial charge in [-0.05, 0) is 121 Å². The van der Waals surface area contributed by atoms with Crippen LogP contribution in [0.1, 0.15) is 0 Å². The molecule has 0 N–H and O–H groups in total. The fourth-order valence-corrected chi connectivity index (χ4v) is 16.2. The predicted molar refractivity (Wildman–Crippen MR) is 401 cm³/mol. The summed E-state index contributed by atoms with van der Waals surface area (Å²) >= 11 is 3.67. The average Bonchev–Trinajstić information content (AvgIpc) is 1.57. The van der Waals surface area contributed by atoms with Gasteiger partial charge in [0.15, 0.2) is 34.9 Å². The van der Waals surface area contributed by atoms with E-state index in [0.29, 0.717) is 34.9 Å². The zero-order valence-corrected chi connectivity index (χ0v) is 53.0. The topological polar surface area (TPSA) is 86.2 Å². The molecule has 6 heterocycles. The Bertz CT molecular complexity index is 6300. The van der Waals surface area contributed by atoms with E-state index in [0.717, 1.165) is 60.5 Å². The third kappa shape index (κ3) is 9.57. The number of aromatic nitrogens is 8. The van der Waals surface area contributed by atoms with Gasteiger partial charge in [-0.1, -0.05) is 249 Å². The fourth-order valence-electron chi connectivity index (χ4n) is 13.8. The lowest BCUT2D eigenvalue weighted by molar-refractivity contribution is 1.07. The van der Waals surface area contributed by atoms with Crippen LogP contribution in [0.4, 0.5) is 0 Å². The molecule has 0 aliphatic rings. The second-order valence-corrected chi connectivity index (χ2v) is 26.3. The quantitative estimate of drug-likeness (QED) is 0.151. The molecule has 6 aromatic heterocycles. The summed E-state index contributed by atoms with van der Waals surface area (Å²) in [6.07, 6.45) is 0. The maximum absolute atomic E-state index is 5.13. The molecule has 20 rings (SSSR count). The Morgan fingerprint density at radius 1 is 0.198 bits per heavy atom. The van der Waals surface area contributed by atoms with Crippen molar-refractivity contribution in [2.75, 3.05) is 0 Å². The molecule has 0 unspecified atom stereocenters. The van der Waals surface area contributed by atoms with Crippen molar-refractivity contribution in [1.82, 2.24) is 38.7 Å². The Kier molecular flexibility index (Phi) is 13.1. The van der Waals surface area contributed by atoms with Crippen LogP contribution >= 0.6 is 22.7 Å². The lowest BCUT2D eigenvalue weighted by Crippen LogP contribution is -2.00. The van der Waals surface area contributed by atoms with Gasteiger partial charge in [0.25, 0.3) is 0 Å². The van der Waals surface area contributed by atoms with Crippen molar-refractivity contribution in [1.29, 1.82) is 0 Å². The van der Waals surface area contributed by atoms with Crippen LogP contribution in [0.3, 0.4) is 0 Å². The van der Waals surface area contributed by atoms with Crippen LogP contribution in [0.15, 0.2) is 315 Å². The van der Waals surface area contributed by atoms with Gasteiger partial charge in [0.2, 0.25) is 0 Å². The number of thiazole rings is 2. The van der Waals surface area contributed by atoms with E-state index in [1.54, 1.807) is 0 Å². The minimum absolute atomic E-state index is 0.647. The molecule has 0 atom stereocenters. The van der Waals surface area contributed by atoms with Crippen molar-refractivity contribution in [3.63, 3.8) is 0 Å². The van der Waals surface area contributed by atoms with Gasteiger partial charge < -0.3 is 0 Å². The van der Waals surface area contributed by atoms with Gasteiger partial charge in [-0.25, -0.2) is 29.9 Å². The minimum Gasteiger partial charge on any atom is -0.299 e. The van der Waals surface area contributed by atoms with Crippen LogP contribution in [-0.2, 0) is 0 Å². The number of benzene rings is 14. The molecule has 0 saturated carbocycles. The SMILES string of the molecule is c1cc(-c2nc(-c3ccc4ccccc4c3)nc(-c3ccc4ccccc4c3)n2)cc(-c2c3ccccc3n3c2sc2ccccc23)c1.c1ccc2cc(-c3nc(-c4ccc(-c5c6ccccc6n6c5sc5ccccc56)cc4)nc(-c4ccc5ccccc5c4)n3)ccc2c1. The Balaban J connectivity index is 0.000000135. The molecule has 0 spiro atoms. The number of rotatable bonds is 8. The average molecular weight is 1260 g/mol. The third-order valence-corrected chi connectivity index (χ3v) is 20.7. The van der Waals surface area contributed by atoms with Gasteiger partial charge in [-0.2, -0.15) is 0 Å². The summed E-state index contributed by atoms with van der Waals surface area (Å²) in [4.78, 5) is 33.0. The molecule has 448 valence electrons. The summed E-state index contributed by atoms with van der Waals surface area (Å²) < 4.78 is 7.35. The van der Waals surface area contributed by atoms with Crippen molar-refractivity contribution in [2.24, 2.45) is 0 Å². The number of hydrogen-bond donors (Lipinski definition) is 0. The first-order chi connectivity index (χ1) is 47.5. The van der Waals surface area contributed by atoms with E-state index in [1.165, 1.54) is 90.1 Å². The number of fused-ring (bicyclic) bond motifs is 14. The van der Waals surface area contributed by atoms with E-state index in [-0.39, 0.29) is 0 Å². The highest BCUT2D eigenvalue weighted by Crippen LogP contribution is 2.45. The van der Waals surface area contributed by atoms with Crippen LogP contribution in [-0.4, -0.2) is 38.7 Å². The molecular weight excluding hydrogens is 1210 g/mol. The summed E-state index contributed by atoms with van der Waals surface area (Å²) in [6.45, 7) is 0. The lowest BCUT2D eigenvalue weighted by Gasteiger charge is -2.11. The molecule has 14 aromatic carbocycles. The van der Waals surface area contributed by atoms with E-state index in [1.807, 2.05) is 22.7 Å². The molecule has 0 radical (unpaired) electrons. The second-order valence-electron chi connectivity index (χ2n) is 24.2. The Morgan fingerprint density at radius 3 is 0.875 bits per heavy atom. The lowest BCUT2D eigenvalue weighted by atomic mass is 10.0. The number of nitrogens with zero attached hydrogens (tertiary/aromatic N) is 8. The van der Waals surface area contributed by atoms with Crippen molar-refractivity contribution in [3.05, 3.63) is 315 Å².